The molecular weight excluding hydrogens is 292 g/mol. The Morgan fingerprint density at radius 2 is 2.20 bits per heavy atom. The topological polar surface area (TPSA) is 42.0 Å². The molecule has 5 heteroatoms. The average Bonchev–Trinajstić information content (AvgIpc) is 2.81. The Kier molecular flexibility index (Phi) is 5.15. The molecule has 1 N–H and O–H groups in total. The van der Waals surface area contributed by atoms with Gasteiger partial charge in [0.05, 0.1) is 0 Å². The Bertz CT molecular complexity index is 610. The number of aromatic nitrogens is 1. The Morgan fingerprint density at radius 3 is 2.85 bits per heavy atom. The van der Waals surface area contributed by atoms with E-state index in [1.54, 1.807) is 17.4 Å². The fraction of sp³-hybridized carbons (Fsp3) is 0.333. The number of pyridine rings is 1. The van der Waals surface area contributed by atoms with Crippen molar-refractivity contribution in [1.29, 1.82) is 0 Å². The molecule has 2 aromatic rings. The lowest BCUT2D eigenvalue weighted by atomic mass is 10.1. The van der Waals surface area contributed by atoms with Crippen LogP contribution < -0.4 is 5.32 Å². The summed E-state index contributed by atoms with van der Waals surface area (Å²) in [5, 5.41) is 7.42. The van der Waals surface area contributed by atoms with Crippen LogP contribution in [0.25, 0.3) is 0 Å². The van der Waals surface area contributed by atoms with Gasteiger partial charge < -0.3 is 5.32 Å². The van der Waals surface area contributed by atoms with Crippen molar-refractivity contribution in [3.05, 3.63) is 50.4 Å². The third-order valence-corrected chi connectivity index (χ3v) is 4.12. The third kappa shape index (κ3) is 3.81. The highest BCUT2D eigenvalue weighted by Gasteiger charge is 2.10. The molecule has 0 saturated heterocycles. The van der Waals surface area contributed by atoms with Gasteiger partial charge in [-0.05, 0) is 47.4 Å². The smallest absolute Gasteiger partial charge is 0.251 e. The fourth-order valence-electron chi connectivity index (χ4n) is 1.91. The summed E-state index contributed by atoms with van der Waals surface area (Å²) >= 11 is 7.61. The van der Waals surface area contributed by atoms with Crippen LogP contribution in [-0.2, 0) is 13.0 Å². The number of nitrogens with zero attached hydrogens (tertiary/aromatic N) is 1. The zero-order valence-corrected chi connectivity index (χ0v) is 13.1. The molecule has 0 spiro atoms. The number of hydrogen-bond donors (Lipinski definition) is 1. The standard InChI is InChI=1S/C15H17ClN2OS/c1-3-4-13-5-11(6-14(16)18-13)15(19)17-7-12-9-20-8-10(12)2/h5-6,8-9H,3-4,7H2,1-2H3,(H,17,19). The molecule has 3 nitrogen and oxygen atoms in total. The number of aryl methyl sites for hydroxylation is 2. The van der Waals surface area contributed by atoms with E-state index in [2.05, 4.69) is 28.0 Å². The lowest BCUT2D eigenvalue weighted by Gasteiger charge is -2.07. The SMILES string of the molecule is CCCc1cc(C(=O)NCc2cscc2C)cc(Cl)n1. The van der Waals surface area contributed by atoms with E-state index in [1.807, 2.05) is 13.0 Å². The van der Waals surface area contributed by atoms with Gasteiger partial charge in [0.25, 0.3) is 5.91 Å². The number of rotatable bonds is 5. The highest BCUT2D eigenvalue weighted by atomic mass is 35.5. The van der Waals surface area contributed by atoms with Crippen molar-refractivity contribution in [2.75, 3.05) is 0 Å². The maximum Gasteiger partial charge on any atom is 0.251 e. The average molecular weight is 309 g/mol. The first-order valence-corrected chi connectivity index (χ1v) is 7.88. The van der Waals surface area contributed by atoms with Crippen molar-refractivity contribution in [2.24, 2.45) is 0 Å². The second kappa shape index (κ2) is 6.86. The molecular formula is C15H17ClN2OS. The fourth-order valence-corrected chi connectivity index (χ4v) is 3.00. The van der Waals surface area contributed by atoms with Gasteiger partial charge in [-0.3, -0.25) is 4.79 Å². The second-order valence-electron chi connectivity index (χ2n) is 4.68. The molecule has 0 aliphatic rings. The van der Waals surface area contributed by atoms with Crippen molar-refractivity contribution >= 4 is 28.8 Å². The zero-order valence-electron chi connectivity index (χ0n) is 11.6. The normalized spacial score (nSPS) is 10.6. The number of nitrogens with one attached hydrogen (secondary N) is 1. The first-order valence-electron chi connectivity index (χ1n) is 6.56. The highest BCUT2D eigenvalue weighted by Crippen LogP contribution is 2.15. The molecule has 0 aromatic carbocycles. The van der Waals surface area contributed by atoms with Crippen molar-refractivity contribution < 1.29 is 4.79 Å². The van der Waals surface area contributed by atoms with Gasteiger partial charge in [-0.15, -0.1) is 0 Å². The zero-order chi connectivity index (χ0) is 14.5. The second-order valence-corrected chi connectivity index (χ2v) is 5.81. The van der Waals surface area contributed by atoms with Gasteiger partial charge in [-0.1, -0.05) is 24.9 Å². The Morgan fingerprint density at radius 1 is 1.40 bits per heavy atom. The maximum atomic E-state index is 12.2. The van der Waals surface area contributed by atoms with E-state index in [0.717, 1.165) is 24.1 Å². The van der Waals surface area contributed by atoms with Crippen LogP contribution in [0.5, 0.6) is 0 Å². The van der Waals surface area contributed by atoms with Crippen LogP contribution >= 0.6 is 22.9 Å². The van der Waals surface area contributed by atoms with Crippen LogP contribution in [0.2, 0.25) is 5.15 Å². The van der Waals surface area contributed by atoms with Crippen molar-refractivity contribution in [2.45, 2.75) is 33.2 Å². The van der Waals surface area contributed by atoms with Gasteiger partial charge >= 0.3 is 0 Å². The molecule has 0 aliphatic carbocycles. The van der Waals surface area contributed by atoms with E-state index >= 15 is 0 Å². The number of carbonyl (C=O) groups is 1. The molecule has 0 bridgehead atoms. The summed E-state index contributed by atoms with van der Waals surface area (Å²) in [5.74, 6) is -0.114. The number of thiophene rings is 1. The summed E-state index contributed by atoms with van der Waals surface area (Å²) in [6.07, 6.45) is 1.80. The molecule has 0 saturated carbocycles. The molecule has 2 aromatic heterocycles. The Balaban J connectivity index is 2.07. The lowest BCUT2D eigenvalue weighted by molar-refractivity contribution is 0.0950. The van der Waals surface area contributed by atoms with Crippen LogP contribution in [0.1, 0.15) is 40.5 Å². The van der Waals surface area contributed by atoms with Gasteiger partial charge in [0, 0.05) is 17.8 Å². The van der Waals surface area contributed by atoms with Crippen molar-refractivity contribution in [3.63, 3.8) is 0 Å². The number of halogens is 1. The first kappa shape index (κ1) is 15.0. The van der Waals surface area contributed by atoms with Crippen LogP contribution in [0.15, 0.2) is 22.9 Å². The van der Waals surface area contributed by atoms with Gasteiger partial charge in [0.1, 0.15) is 5.15 Å². The monoisotopic (exact) mass is 308 g/mol. The molecule has 0 radical (unpaired) electrons. The summed E-state index contributed by atoms with van der Waals surface area (Å²) in [7, 11) is 0. The largest absolute Gasteiger partial charge is 0.348 e. The first-order chi connectivity index (χ1) is 9.60. The van der Waals surface area contributed by atoms with Gasteiger partial charge in [0.2, 0.25) is 0 Å². The molecule has 106 valence electrons. The van der Waals surface area contributed by atoms with Gasteiger partial charge in [0.15, 0.2) is 0 Å². The van der Waals surface area contributed by atoms with Crippen molar-refractivity contribution in [1.82, 2.24) is 10.3 Å². The van der Waals surface area contributed by atoms with E-state index < -0.39 is 0 Å². The van der Waals surface area contributed by atoms with Crippen LogP contribution in [-0.4, -0.2) is 10.9 Å². The molecule has 2 rings (SSSR count). The van der Waals surface area contributed by atoms with Gasteiger partial charge in [-0.25, -0.2) is 4.98 Å². The summed E-state index contributed by atoms with van der Waals surface area (Å²) in [5.41, 5.74) is 3.78. The molecule has 0 unspecified atom stereocenters. The summed E-state index contributed by atoms with van der Waals surface area (Å²) in [4.78, 5) is 16.4. The molecule has 1 amide bonds. The third-order valence-electron chi connectivity index (χ3n) is 3.02. The number of carbonyl (C=O) groups excluding carboxylic acids is 1. The molecule has 2 heterocycles. The lowest BCUT2D eigenvalue weighted by Crippen LogP contribution is -2.23. The van der Waals surface area contributed by atoms with E-state index in [9.17, 15) is 4.79 Å². The van der Waals surface area contributed by atoms with E-state index in [-0.39, 0.29) is 5.91 Å². The minimum absolute atomic E-state index is 0.114. The highest BCUT2D eigenvalue weighted by molar-refractivity contribution is 7.08. The molecule has 0 atom stereocenters. The van der Waals surface area contributed by atoms with Crippen LogP contribution in [0.4, 0.5) is 0 Å². The summed E-state index contributed by atoms with van der Waals surface area (Å²) in [6.45, 7) is 4.65. The van der Waals surface area contributed by atoms with E-state index in [0.29, 0.717) is 17.3 Å². The minimum atomic E-state index is -0.114. The Labute approximate surface area is 128 Å². The number of amides is 1. The minimum Gasteiger partial charge on any atom is -0.348 e. The van der Waals surface area contributed by atoms with E-state index in [4.69, 9.17) is 11.6 Å². The quantitative estimate of drug-likeness (QED) is 0.849. The molecule has 20 heavy (non-hydrogen) atoms. The van der Waals surface area contributed by atoms with Crippen LogP contribution in [0, 0.1) is 6.92 Å². The van der Waals surface area contributed by atoms with Gasteiger partial charge in [-0.2, -0.15) is 11.3 Å². The van der Waals surface area contributed by atoms with E-state index in [1.165, 1.54) is 5.56 Å². The van der Waals surface area contributed by atoms with Crippen LogP contribution in [0.3, 0.4) is 0 Å². The molecule has 0 fully saturated rings. The van der Waals surface area contributed by atoms with Crippen molar-refractivity contribution in [3.8, 4) is 0 Å². The summed E-state index contributed by atoms with van der Waals surface area (Å²) < 4.78 is 0. The molecule has 0 aliphatic heterocycles. The maximum absolute atomic E-state index is 12.2. The summed E-state index contributed by atoms with van der Waals surface area (Å²) in [6, 6.07) is 3.42. The predicted molar refractivity (Wildman–Crippen MR) is 83.5 cm³/mol. The Hall–Kier alpha value is -1.39. The number of hydrogen-bond acceptors (Lipinski definition) is 3. The predicted octanol–water partition coefficient (Wildman–Crippen LogP) is 3.99.